The minimum absolute atomic E-state index is 0.789. The van der Waals surface area contributed by atoms with Crippen LogP contribution in [0.5, 0.6) is 0 Å². The Morgan fingerprint density at radius 1 is 1.00 bits per heavy atom. The van der Waals surface area contributed by atoms with E-state index in [4.69, 9.17) is 0 Å². The smallest absolute Gasteiger partial charge is 0.0267 e. The Morgan fingerprint density at radius 3 is 2.70 bits per heavy atom. The van der Waals surface area contributed by atoms with Crippen molar-refractivity contribution in [3.05, 3.63) is 0 Å². The van der Waals surface area contributed by atoms with Gasteiger partial charge in [-0.1, -0.05) is 13.3 Å². The highest BCUT2D eigenvalue weighted by Crippen LogP contribution is 2.37. The van der Waals surface area contributed by atoms with Crippen LogP contribution >= 0.6 is 0 Å². The molecule has 4 atom stereocenters. The van der Waals surface area contributed by atoms with Crippen molar-refractivity contribution in [2.24, 2.45) is 5.92 Å². The van der Waals surface area contributed by atoms with Crippen LogP contribution in [0.3, 0.4) is 0 Å². The third kappa shape index (κ3) is 2.42. The monoisotopic (exact) mass is 277 g/mol. The summed E-state index contributed by atoms with van der Waals surface area (Å²) in [4.78, 5) is 5.74. The van der Waals surface area contributed by atoms with Crippen LogP contribution < -0.4 is 5.32 Å². The van der Waals surface area contributed by atoms with Crippen molar-refractivity contribution < 1.29 is 0 Å². The molecule has 1 N–H and O–H groups in total. The fourth-order valence-electron chi connectivity index (χ4n) is 5.05. The number of nitrogens with zero attached hydrogens (tertiary/aromatic N) is 2. The van der Waals surface area contributed by atoms with Crippen molar-refractivity contribution in [3.8, 4) is 0 Å². The van der Waals surface area contributed by atoms with Gasteiger partial charge in [0, 0.05) is 43.8 Å². The van der Waals surface area contributed by atoms with Crippen molar-refractivity contribution in [2.45, 2.75) is 76.0 Å². The zero-order valence-electron chi connectivity index (χ0n) is 13.1. The zero-order chi connectivity index (χ0) is 13.5. The van der Waals surface area contributed by atoms with E-state index in [0.29, 0.717) is 0 Å². The minimum atomic E-state index is 0.789. The van der Waals surface area contributed by atoms with Crippen molar-refractivity contribution in [3.63, 3.8) is 0 Å². The summed E-state index contributed by atoms with van der Waals surface area (Å²) >= 11 is 0. The van der Waals surface area contributed by atoms with Crippen LogP contribution in [0.2, 0.25) is 0 Å². The normalized spacial score (nSPS) is 43.6. The van der Waals surface area contributed by atoms with Gasteiger partial charge in [-0.05, 0) is 51.0 Å². The van der Waals surface area contributed by atoms with E-state index in [2.05, 4.69) is 22.0 Å². The number of fused-ring (bicyclic) bond motifs is 1. The number of hydrogen-bond acceptors (Lipinski definition) is 3. The Bertz CT molecular complexity index is 341. The Labute approximate surface area is 124 Å². The Hall–Kier alpha value is -0.120. The van der Waals surface area contributed by atoms with Crippen LogP contribution in [0.15, 0.2) is 0 Å². The summed E-state index contributed by atoms with van der Waals surface area (Å²) in [5, 5.41) is 3.85. The molecule has 4 fully saturated rings. The maximum atomic E-state index is 3.85. The summed E-state index contributed by atoms with van der Waals surface area (Å²) in [6, 6.07) is 3.34. The lowest BCUT2D eigenvalue weighted by Gasteiger charge is -2.46. The molecule has 1 saturated carbocycles. The van der Waals surface area contributed by atoms with Gasteiger partial charge in [0.15, 0.2) is 0 Å². The Morgan fingerprint density at radius 2 is 1.90 bits per heavy atom. The molecule has 0 spiro atoms. The summed E-state index contributed by atoms with van der Waals surface area (Å²) in [6.45, 7) is 7.68. The van der Waals surface area contributed by atoms with Crippen LogP contribution in [0.25, 0.3) is 0 Å². The van der Waals surface area contributed by atoms with Crippen molar-refractivity contribution in [2.75, 3.05) is 26.2 Å². The zero-order valence-corrected chi connectivity index (χ0v) is 13.1. The van der Waals surface area contributed by atoms with Gasteiger partial charge in [0.25, 0.3) is 0 Å². The first-order chi connectivity index (χ1) is 9.86. The highest BCUT2D eigenvalue weighted by molar-refractivity contribution is 5.02. The highest BCUT2D eigenvalue weighted by atomic mass is 15.3. The van der Waals surface area contributed by atoms with E-state index in [1.54, 1.807) is 0 Å². The quantitative estimate of drug-likeness (QED) is 0.852. The fraction of sp³-hybridized carbons (Fsp3) is 1.00. The van der Waals surface area contributed by atoms with Gasteiger partial charge >= 0.3 is 0 Å². The molecular weight excluding hydrogens is 246 g/mol. The lowest BCUT2D eigenvalue weighted by molar-refractivity contribution is 0.0435. The molecule has 4 rings (SSSR count). The van der Waals surface area contributed by atoms with Gasteiger partial charge in [0.1, 0.15) is 0 Å². The van der Waals surface area contributed by atoms with Gasteiger partial charge in [-0.2, -0.15) is 0 Å². The maximum absolute atomic E-state index is 3.85. The van der Waals surface area contributed by atoms with Gasteiger partial charge in [0.2, 0.25) is 0 Å². The van der Waals surface area contributed by atoms with E-state index in [9.17, 15) is 0 Å². The van der Waals surface area contributed by atoms with Crippen LogP contribution in [0, 0.1) is 5.92 Å². The average Bonchev–Trinajstić information content (AvgIpc) is 3.26. The standard InChI is InChI=1S/C17H31N3/c1-2-14-11-18-15(13-6-7-13)12-20(14)17-8-10-19-9-4-3-5-16(17)19/h13-18H,2-12H2,1H3. The summed E-state index contributed by atoms with van der Waals surface area (Å²) in [5.74, 6) is 0.999. The molecule has 1 aliphatic carbocycles. The van der Waals surface area contributed by atoms with E-state index in [1.165, 1.54) is 71.1 Å². The first kappa shape index (κ1) is 13.5. The number of nitrogens with one attached hydrogen (secondary N) is 1. The van der Waals surface area contributed by atoms with Crippen LogP contribution in [0.4, 0.5) is 0 Å². The molecule has 4 unspecified atom stereocenters. The topological polar surface area (TPSA) is 18.5 Å². The van der Waals surface area contributed by atoms with Crippen LogP contribution in [0.1, 0.15) is 51.9 Å². The van der Waals surface area contributed by atoms with Crippen molar-refractivity contribution in [1.82, 2.24) is 15.1 Å². The van der Waals surface area contributed by atoms with Gasteiger partial charge < -0.3 is 5.32 Å². The summed E-state index contributed by atoms with van der Waals surface area (Å²) in [5.41, 5.74) is 0. The molecule has 3 heterocycles. The second kappa shape index (κ2) is 5.58. The number of hydrogen-bond donors (Lipinski definition) is 1. The molecule has 0 aromatic carbocycles. The second-order valence-corrected chi connectivity index (χ2v) is 7.57. The van der Waals surface area contributed by atoms with E-state index in [0.717, 1.165) is 30.1 Å². The van der Waals surface area contributed by atoms with Crippen LogP contribution in [-0.2, 0) is 0 Å². The van der Waals surface area contributed by atoms with Gasteiger partial charge in [0.05, 0.1) is 0 Å². The first-order valence-corrected chi connectivity index (χ1v) is 9.10. The van der Waals surface area contributed by atoms with E-state index >= 15 is 0 Å². The third-order valence-electron chi connectivity index (χ3n) is 6.40. The second-order valence-electron chi connectivity index (χ2n) is 7.57. The molecule has 3 aliphatic heterocycles. The maximum Gasteiger partial charge on any atom is 0.0267 e. The number of piperidine rings is 1. The molecule has 0 amide bonds. The molecule has 0 radical (unpaired) electrons. The Kier molecular flexibility index (Phi) is 3.78. The van der Waals surface area contributed by atoms with Crippen LogP contribution in [-0.4, -0.2) is 60.1 Å². The van der Waals surface area contributed by atoms with E-state index in [1.807, 2.05) is 0 Å². The van der Waals surface area contributed by atoms with E-state index in [-0.39, 0.29) is 0 Å². The van der Waals surface area contributed by atoms with Crippen molar-refractivity contribution in [1.29, 1.82) is 0 Å². The summed E-state index contributed by atoms with van der Waals surface area (Å²) in [7, 11) is 0. The Balaban J connectivity index is 1.48. The molecule has 0 aromatic rings. The molecule has 3 nitrogen and oxygen atoms in total. The molecule has 3 saturated heterocycles. The van der Waals surface area contributed by atoms with Gasteiger partial charge in [-0.25, -0.2) is 0 Å². The molecule has 20 heavy (non-hydrogen) atoms. The predicted octanol–water partition coefficient (Wildman–Crippen LogP) is 2.08. The lowest BCUT2D eigenvalue weighted by atomic mass is 9.93. The van der Waals surface area contributed by atoms with Gasteiger partial charge in [-0.15, -0.1) is 0 Å². The average molecular weight is 277 g/mol. The fourth-order valence-corrected chi connectivity index (χ4v) is 5.05. The molecular formula is C17H31N3. The number of rotatable bonds is 3. The summed E-state index contributed by atoms with van der Waals surface area (Å²) in [6.07, 6.45) is 10.1. The molecule has 0 aromatic heterocycles. The molecule has 4 aliphatic rings. The minimum Gasteiger partial charge on any atom is -0.311 e. The summed E-state index contributed by atoms with van der Waals surface area (Å²) < 4.78 is 0. The highest BCUT2D eigenvalue weighted by Gasteiger charge is 2.44. The third-order valence-corrected chi connectivity index (χ3v) is 6.40. The van der Waals surface area contributed by atoms with Crippen molar-refractivity contribution >= 4 is 0 Å². The number of piperazine rings is 1. The molecule has 3 heteroatoms. The van der Waals surface area contributed by atoms with Gasteiger partial charge in [-0.3, -0.25) is 9.80 Å². The molecule has 114 valence electrons. The lowest BCUT2D eigenvalue weighted by Crippen LogP contribution is -2.62. The largest absolute Gasteiger partial charge is 0.311 e. The first-order valence-electron chi connectivity index (χ1n) is 9.10. The molecule has 0 bridgehead atoms. The SMILES string of the molecule is CCC1CNC(C2CC2)CN1C1CCN2CCCCC12. The van der Waals surface area contributed by atoms with E-state index < -0.39 is 0 Å². The predicted molar refractivity (Wildman–Crippen MR) is 82.9 cm³/mol.